The Morgan fingerprint density at radius 3 is 2.54 bits per heavy atom. The van der Waals surface area contributed by atoms with Crippen LogP contribution in [0.3, 0.4) is 0 Å². The molecule has 7 heteroatoms. The van der Waals surface area contributed by atoms with E-state index >= 15 is 0 Å². The zero-order valence-electron chi connectivity index (χ0n) is 19.4. The van der Waals surface area contributed by atoms with Crippen LogP contribution in [-0.4, -0.2) is 34.5 Å². The van der Waals surface area contributed by atoms with Crippen LogP contribution in [-0.2, 0) is 17.8 Å². The second-order valence-electron chi connectivity index (χ2n) is 9.08. The third-order valence-corrected chi connectivity index (χ3v) is 6.97. The first-order valence-corrected chi connectivity index (χ1v) is 12.4. The van der Waals surface area contributed by atoms with Gasteiger partial charge in [0.25, 0.3) is 0 Å². The molecular formula is C28H28ClN3O3. The maximum Gasteiger partial charge on any atom is 0.419 e. The normalized spacial score (nSPS) is 18.0. The number of nitrogens with zero attached hydrogens (tertiary/aromatic N) is 2. The number of carbonyl (C=O) groups is 1. The number of hydrogen-bond donors (Lipinski definition) is 1. The van der Waals surface area contributed by atoms with Crippen LogP contribution in [0.4, 0.5) is 5.69 Å². The van der Waals surface area contributed by atoms with E-state index in [0.29, 0.717) is 29.2 Å². The number of para-hydroxylation sites is 1. The number of fused-ring (bicyclic) bond motifs is 1. The van der Waals surface area contributed by atoms with Gasteiger partial charge in [0.05, 0.1) is 5.52 Å². The molecular weight excluding hydrogens is 462 g/mol. The van der Waals surface area contributed by atoms with Gasteiger partial charge in [0.2, 0.25) is 5.91 Å². The summed E-state index contributed by atoms with van der Waals surface area (Å²) in [4.78, 5) is 27.5. The number of amides is 1. The van der Waals surface area contributed by atoms with Gasteiger partial charge in [0, 0.05) is 54.8 Å². The van der Waals surface area contributed by atoms with Crippen LogP contribution in [0.5, 0.6) is 0 Å². The molecule has 0 unspecified atom stereocenters. The third kappa shape index (κ3) is 5.43. The van der Waals surface area contributed by atoms with Crippen molar-refractivity contribution in [3.63, 3.8) is 0 Å². The van der Waals surface area contributed by atoms with E-state index in [0.717, 1.165) is 18.5 Å². The van der Waals surface area contributed by atoms with Crippen LogP contribution in [0.15, 0.2) is 88.1 Å². The molecule has 4 aromatic rings. The molecule has 1 saturated heterocycles. The first-order valence-electron chi connectivity index (χ1n) is 12.0. The molecule has 1 aliphatic rings. The van der Waals surface area contributed by atoms with E-state index in [-0.39, 0.29) is 30.8 Å². The topological polar surface area (TPSA) is 67.5 Å². The van der Waals surface area contributed by atoms with Crippen molar-refractivity contribution in [2.24, 2.45) is 5.92 Å². The smallest absolute Gasteiger partial charge is 0.408 e. The Hall–Kier alpha value is -3.51. The third-order valence-electron chi connectivity index (χ3n) is 6.73. The Morgan fingerprint density at radius 1 is 1.03 bits per heavy atom. The Kier molecular flexibility index (Phi) is 6.91. The Balaban J connectivity index is 1.28. The average molecular weight is 490 g/mol. The van der Waals surface area contributed by atoms with Gasteiger partial charge in [-0.05, 0) is 42.7 Å². The lowest BCUT2D eigenvalue weighted by Crippen LogP contribution is -2.49. The summed E-state index contributed by atoms with van der Waals surface area (Å²) in [6, 6.07) is 26.0. The van der Waals surface area contributed by atoms with E-state index in [2.05, 4.69) is 41.7 Å². The van der Waals surface area contributed by atoms with Gasteiger partial charge >= 0.3 is 5.76 Å². The number of aromatic nitrogens is 1. The van der Waals surface area contributed by atoms with Crippen LogP contribution in [0.25, 0.3) is 11.1 Å². The highest BCUT2D eigenvalue weighted by molar-refractivity contribution is 6.31. The molecule has 0 aliphatic carbocycles. The molecule has 0 saturated carbocycles. The van der Waals surface area contributed by atoms with Gasteiger partial charge in [0.15, 0.2) is 5.58 Å². The summed E-state index contributed by atoms with van der Waals surface area (Å²) in [5, 5.41) is 4.20. The largest absolute Gasteiger partial charge is 0.419 e. The summed E-state index contributed by atoms with van der Waals surface area (Å²) in [5.41, 5.74) is 3.45. The molecule has 2 heterocycles. The lowest BCUT2D eigenvalue weighted by Gasteiger charge is -2.39. The second kappa shape index (κ2) is 10.4. The highest BCUT2D eigenvalue weighted by atomic mass is 35.5. The number of nitrogens with one attached hydrogen (secondary N) is 1. The first-order chi connectivity index (χ1) is 17.1. The van der Waals surface area contributed by atoms with Gasteiger partial charge in [-0.3, -0.25) is 9.36 Å². The summed E-state index contributed by atoms with van der Waals surface area (Å²) in [6.07, 6.45) is 2.00. The highest BCUT2D eigenvalue weighted by Crippen LogP contribution is 2.26. The molecule has 0 bridgehead atoms. The van der Waals surface area contributed by atoms with Crippen molar-refractivity contribution in [3.8, 4) is 0 Å². The molecule has 5 rings (SSSR count). The number of anilines is 1. The number of halogens is 1. The van der Waals surface area contributed by atoms with Crippen LogP contribution in [0.2, 0.25) is 5.02 Å². The monoisotopic (exact) mass is 489 g/mol. The lowest BCUT2D eigenvalue weighted by atomic mass is 9.86. The number of aryl methyl sites for hydroxylation is 1. The number of benzene rings is 3. The second-order valence-corrected chi connectivity index (χ2v) is 9.51. The molecule has 35 heavy (non-hydrogen) atoms. The molecule has 0 radical (unpaired) electrons. The van der Waals surface area contributed by atoms with Crippen molar-refractivity contribution < 1.29 is 9.21 Å². The van der Waals surface area contributed by atoms with Gasteiger partial charge in [0.1, 0.15) is 0 Å². The van der Waals surface area contributed by atoms with Gasteiger partial charge in [-0.15, -0.1) is 0 Å². The maximum atomic E-state index is 13.2. The van der Waals surface area contributed by atoms with Crippen molar-refractivity contribution in [1.82, 2.24) is 9.47 Å². The van der Waals surface area contributed by atoms with Crippen molar-refractivity contribution in [2.45, 2.75) is 31.8 Å². The minimum atomic E-state index is -0.470. The van der Waals surface area contributed by atoms with Crippen molar-refractivity contribution >= 4 is 34.3 Å². The van der Waals surface area contributed by atoms with E-state index in [4.69, 9.17) is 16.0 Å². The fourth-order valence-electron chi connectivity index (χ4n) is 4.94. The molecule has 6 nitrogen and oxygen atoms in total. The minimum absolute atomic E-state index is 0.0523. The van der Waals surface area contributed by atoms with Crippen LogP contribution in [0, 0.1) is 5.92 Å². The number of oxazole rings is 1. The molecule has 1 aromatic heterocycles. The van der Waals surface area contributed by atoms with Crippen LogP contribution in [0.1, 0.15) is 18.4 Å². The van der Waals surface area contributed by atoms with E-state index in [1.54, 1.807) is 18.2 Å². The van der Waals surface area contributed by atoms with Crippen molar-refractivity contribution in [1.29, 1.82) is 0 Å². The lowest BCUT2D eigenvalue weighted by molar-refractivity contribution is -0.133. The van der Waals surface area contributed by atoms with E-state index in [1.807, 2.05) is 29.2 Å². The number of piperidine rings is 1. The van der Waals surface area contributed by atoms with Gasteiger partial charge in [-0.1, -0.05) is 60.1 Å². The number of likely N-dealkylation sites (tertiary alicyclic amines) is 1. The van der Waals surface area contributed by atoms with Gasteiger partial charge in [-0.25, -0.2) is 4.79 Å². The number of rotatable bonds is 7. The van der Waals surface area contributed by atoms with Crippen LogP contribution >= 0.6 is 11.6 Å². The summed E-state index contributed by atoms with van der Waals surface area (Å²) < 4.78 is 6.81. The summed E-state index contributed by atoms with van der Waals surface area (Å²) in [5.74, 6) is -0.144. The molecule has 3 aromatic carbocycles. The molecule has 0 spiro atoms. The van der Waals surface area contributed by atoms with Crippen molar-refractivity contribution in [2.75, 3.05) is 18.4 Å². The fourth-order valence-corrected chi connectivity index (χ4v) is 5.10. The Bertz CT molecular complexity index is 1350. The average Bonchev–Trinajstić information content (AvgIpc) is 3.18. The molecule has 1 N–H and O–H groups in total. The maximum absolute atomic E-state index is 13.2. The highest BCUT2D eigenvalue weighted by Gasteiger charge is 2.31. The SMILES string of the molecule is O=C(CCn1c(=O)oc2cc(Cl)ccc21)N1CC[C@@H](Nc2ccccc2)[C@@H](Cc2ccccc2)C1. The zero-order valence-corrected chi connectivity index (χ0v) is 20.2. The molecule has 1 fully saturated rings. The van der Waals surface area contributed by atoms with Crippen LogP contribution < -0.4 is 11.1 Å². The molecule has 1 amide bonds. The summed E-state index contributed by atoms with van der Waals surface area (Å²) in [6.45, 7) is 1.64. The Labute approximate surface area is 209 Å². The molecule has 1 aliphatic heterocycles. The minimum Gasteiger partial charge on any atom is -0.408 e. The predicted molar refractivity (Wildman–Crippen MR) is 139 cm³/mol. The summed E-state index contributed by atoms with van der Waals surface area (Å²) >= 11 is 6.01. The van der Waals surface area contributed by atoms with Crippen molar-refractivity contribution in [3.05, 3.63) is 100.0 Å². The van der Waals surface area contributed by atoms with Gasteiger partial charge < -0.3 is 14.6 Å². The Morgan fingerprint density at radius 2 is 1.77 bits per heavy atom. The van der Waals surface area contributed by atoms with E-state index in [1.165, 1.54) is 10.1 Å². The van der Waals surface area contributed by atoms with E-state index in [9.17, 15) is 9.59 Å². The summed E-state index contributed by atoms with van der Waals surface area (Å²) in [7, 11) is 0. The zero-order chi connectivity index (χ0) is 24.2. The number of hydrogen-bond acceptors (Lipinski definition) is 4. The quantitative estimate of drug-likeness (QED) is 0.387. The molecule has 2 atom stereocenters. The fraction of sp³-hybridized carbons (Fsp3) is 0.286. The first kappa shape index (κ1) is 23.2. The van der Waals surface area contributed by atoms with Gasteiger partial charge in [-0.2, -0.15) is 0 Å². The standard InChI is InChI=1S/C28H28ClN3O3/c29-22-11-12-25-26(18-22)35-28(34)32(25)16-14-27(33)31-15-13-24(30-23-9-5-2-6-10-23)21(19-31)17-20-7-3-1-4-8-20/h1-12,18,21,24,30H,13-17,19H2/t21-,24+/m0/s1. The number of carbonyl (C=O) groups excluding carboxylic acids is 1. The molecule has 180 valence electrons. The predicted octanol–water partition coefficient (Wildman–Crippen LogP) is 5.21. The van der Waals surface area contributed by atoms with E-state index < -0.39 is 5.76 Å².